The minimum Gasteiger partial charge on any atom is -0.491 e. The van der Waals surface area contributed by atoms with Gasteiger partial charge in [0.1, 0.15) is 12.4 Å². The number of unbranched alkanes of at least 4 members (excludes halogenated alkanes) is 1. The van der Waals surface area contributed by atoms with Crippen LogP contribution in [0.5, 0.6) is 5.75 Å². The maximum absolute atomic E-state index is 13.2. The second-order valence-corrected chi connectivity index (χ2v) is 10.6. The SMILES string of the molecule is CCCCNS(=O)(=O)c1ccc2c(c1)C(=O)N(C)C/C=C/CN(C(C)=O)[C@H](CC(C)C)CO2. The van der Waals surface area contributed by atoms with E-state index >= 15 is 0 Å². The Bertz CT molecular complexity index is 959. The molecule has 0 unspecified atom stereocenters. The van der Waals surface area contributed by atoms with E-state index < -0.39 is 10.0 Å². The first-order chi connectivity index (χ1) is 15.6. The van der Waals surface area contributed by atoms with Gasteiger partial charge in [-0.2, -0.15) is 0 Å². The third-order valence-electron chi connectivity index (χ3n) is 5.53. The maximum Gasteiger partial charge on any atom is 0.257 e. The topological polar surface area (TPSA) is 96.0 Å². The van der Waals surface area contributed by atoms with Gasteiger partial charge in [-0.05, 0) is 37.0 Å². The van der Waals surface area contributed by atoms with Crippen molar-refractivity contribution in [3.05, 3.63) is 35.9 Å². The molecule has 1 atom stereocenters. The Balaban J connectivity index is 2.45. The predicted molar refractivity (Wildman–Crippen MR) is 129 cm³/mol. The van der Waals surface area contributed by atoms with Gasteiger partial charge in [-0.1, -0.05) is 39.3 Å². The minimum atomic E-state index is -3.75. The summed E-state index contributed by atoms with van der Waals surface area (Å²) in [7, 11) is -2.10. The summed E-state index contributed by atoms with van der Waals surface area (Å²) in [6.07, 6.45) is 6.05. The van der Waals surface area contributed by atoms with Crippen LogP contribution in [0.25, 0.3) is 0 Å². The van der Waals surface area contributed by atoms with Crippen molar-refractivity contribution in [2.24, 2.45) is 5.92 Å². The highest BCUT2D eigenvalue weighted by Gasteiger charge is 2.26. The fraction of sp³-hybridized carbons (Fsp3) is 0.583. The lowest BCUT2D eigenvalue weighted by Gasteiger charge is -2.32. The molecule has 8 nitrogen and oxygen atoms in total. The number of hydrogen-bond acceptors (Lipinski definition) is 5. The van der Waals surface area contributed by atoms with Crippen LogP contribution in [0, 0.1) is 5.92 Å². The fourth-order valence-corrected chi connectivity index (χ4v) is 4.80. The molecule has 0 aromatic heterocycles. The first-order valence-electron chi connectivity index (χ1n) is 11.5. The molecular formula is C24H37N3O5S. The Morgan fingerprint density at radius 2 is 1.94 bits per heavy atom. The van der Waals surface area contributed by atoms with E-state index in [2.05, 4.69) is 18.6 Å². The number of hydrogen-bond donors (Lipinski definition) is 1. The molecule has 1 aromatic carbocycles. The molecule has 0 bridgehead atoms. The molecule has 0 aliphatic carbocycles. The van der Waals surface area contributed by atoms with Gasteiger partial charge < -0.3 is 14.5 Å². The lowest BCUT2D eigenvalue weighted by atomic mass is 10.0. The van der Waals surface area contributed by atoms with E-state index in [0.29, 0.717) is 31.3 Å². The molecule has 184 valence electrons. The van der Waals surface area contributed by atoms with E-state index in [1.807, 2.05) is 19.1 Å². The first-order valence-corrected chi connectivity index (χ1v) is 13.0. The highest BCUT2D eigenvalue weighted by Crippen LogP contribution is 2.26. The van der Waals surface area contributed by atoms with Gasteiger partial charge in [0.25, 0.3) is 5.91 Å². The Kier molecular flexibility index (Phi) is 9.91. The quantitative estimate of drug-likeness (QED) is 0.479. The van der Waals surface area contributed by atoms with Crippen molar-refractivity contribution in [2.45, 2.75) is 57.9 Å². The van der Waals surface area contributed by atoms with Crippen LogP contribution in [-0.2, 0) is 14.8 Å². The van der Waals surface area contributed by atoms with Crippen LogP contribution in [0.4, 0.5) is 0 Å². The number of sulfonamides is 1. The van der Waals surface area contributed by atoms with E-state index in [1.54, 1.807) is 18.9 Å². The number of carbonyl (C=O) groups is 2. The molecule has 0 saturated heterocycles. The van der Waals surface area contributed by atoms with E-state index in [9.17, 15) is 18.0 Å². The van der Waals surface area contributed by atoms with Crippen molar-refractivity contribution < 1.29 is 22.7 Å². The van der Waals surface area contributed by atoms with E-state index in [1.165, 1.54) is 23.1 Å². The summed E-state index contributed by atoms with van der Waals surface area (Å²) in [5, 5.41) is 0. The normalized spacial score (nSPS) is 18.8. The van der Waals surface area contributed by atoms with Gasteiger partial charge in [-0.3, -0.25) is 9.59 Å². The van der Waals surface area contributed by atoms with Crippen molar-refractivity contribution in [2.75, 3.05) is 33.3 Å². The number of fused-ring (bicyclic) bond motifs is 1. The molecule has 9 heteroatoms. The fourth-order valence-electron chi connectivity index (χ4n) is 3.70. The third-order valence-corrected chi connectivity index (χ3v) is 6.99. The average molecular weight is 480 g/mol. The number of rotatable bonds is 7. The molecule has 1 N–H and O–H groups in total. The van der Waals surface area contributed by atoms with Crippen molar-refractivity contribution in [3.8, 4) is 5.75 Å². The number of benzene rings is 1. The monoisotopic (exact) mass is 479 g/mol. The zero-order valence-electron chi connectivity index (χ0n) is 20.3. The van der Waals surface area contributed by atoms with Gasteiger partial charge in [0.15, 0.2) is 0 Å². The number of nitrogens with zero attached hydrogens (tertiary/aromatic N) is 2. The van der Waals surface area contributed by atoms with Crippen LogP contribution in [0.2, 0.25) is 0 Å². The molecule has 1 aromatic rings. The van der Waals surface area contributed by atoms with Gasteiger partial charge in [-0.15, -0.1) is 0 Å². The van der Waals surface area contributed by atoms with E-state index in [0.717, 1.165) is 19.3 Å². The van der Waals surface area contributed by atoms with Gasteiger partial charge in [-0.25, -0.2) is 13.1 Å². The first kappa shape index (κ1) is 26.9. The summed E-state index contributed by atoms with van der Waals surface area (Å²) in [6.45, 7) is 8.99. The molecule has 0 radical (unpaired) electrons. The van der Waals surface area contributed by atoms with Crippen LogP contribution in [0.3, 0.4) is 0 Å². The molecule has 1 aliphatic rings. The third kappa shape index (κ3) is 7.57. The minimum absolute atomic E-state index is 0.0226. The van der Waals surface area contributed by atoms with Gasteiger partial charge in [0, 0.05) is 33.6 Å². The average Bonchev–Trinajstić information content (AvgIpc) is 2.75. The van der Waals surface area contributed by atoms with E-state index in [4.69, 9.17) is 4.74 Å². The van der Waals surface area contributed by atoms with E-state index in [-0.39, 0.29) is 34.9 Å². The smallest absolute Gasteiger partial charge is 0.257 e. The Labute approximate surface area is 198 Å². The summed E-state index contributed by atoms with van der Waals surface area (Å²) in [5.74, 6) is 0.271. The van der Waals surface area contributed by atoms with Crippen LogP contribution < -0.4 is 9.46 Å². The second kappa shape index (κ2) is 12.2. The molecule has 1 aliphatic heterocycles. The van der Waals surface area contributed by atoms with Crippen LogP contribution in [-0.4, -0.2) is 69.4 Å². The second-order valence-electron chi connectivity index (χ2n) is 8.83. The summed E-state index contributed by atoms with van der Waals surface area (Å²) in [4.78, 5) is 28.8. The number of amides is 2. The summed E-state index contributed by atoms with van der Waals surface area (Å²) in [6, 6.07) is 4.18. The van der Waals surface area contributed by atoms with Crippen molar-refractivity contribution >= 4 is 21.8 Å². The van der Waals surface area contributed by atoms with Crippen molar-refractivity contribution in [1.82, 2.24) is 14.5 Å². The Morgan fingerprint density at radius 3 is 2.58 bits per heavy atom. The molecule has 0 spiro atoms. The number of likely N-dealkylation sites (N-methyl/N-ethyl adjacent to an activating group) is 1. The standard InChI is InChI=1S/C24H37N3O5S/c1-6-7-12-25-33(30,31)21-10-11-23-22(16-21)24(29)26(5)13-8-9-14-27(19(4)28)20(17-32-23)15-18(2)3/h8-11,16,18,20,25H,6-7,12-15,17H2,1-5H3/b9-8+/t20-/m1/s1. The summed E-state index contributed by atoms with van der Waals surface area (Å²) >= 11 is 0. The summed E-state index contributed by atoms with van der Waals surface area (Å²) < 4.78 is 34.1. The summed E-state index contributed by atoms with van der Waals surface area (Å²) in [5.41, 5.74) is 0.183. The Morgan fingerprint density at radius 1 is 1.24 bits per heavy atom. The zero-order valence-corrected chi connectivity index (χ0v) is 21.2. The molecule has 1 heterocycles. The van der Waals surface area contributed by atoms with Gasteiger partial charge in [0.2, 0.25) is 15.9 Å². The Hall–Kier alpha value is -2.39. The highest BCUT2D eigenvalue weighted by molar-refractivity contribution is 7.89. The number of ether oxygens (including phenoxy) is 1. The van der Waals surface area contributed by atoms with Crippen LogP contribution in [0.1, 0.15) is 57.3 Å². The van der Waals surface area contributed by atoms with Gasteiger partial charge in [0.05, 0.1) is 16.5 Å². The van der Waals surface area contributed by atoms with Crippen molar-refractivity contribution in [1.29, 1.82) is 0 Å². The van der Waals surface area contributed by atoms with Crippen LogP contribution in [0.15, 0.2) is 35.2 Å². The highest BCUT2D eigenvalue weighted by atomic mass is 32.2. The molecular weight excluding hydrogens is 442 g/mol. The molecule has 33 heavy (non-hydrogen) atoms. The molecule has 0 saturated carbocycles. The molecule has 0 fully saturated rings. The maximum atomic E-state index is 13.2. The lowest BCUT2D eigenvalue weighted by molar-refractivity contribution is -0.131. The number of nitrogens with one attached hydrogen (secondary N) is 1. The van der Waals surface area contributed by atoms with Crippen LogP contribution >= 0.6 is 0 Å². The molecule has 2 rings (SSSR count). The van der Waals surface area contributed by atoms with Crippen molar-refractivity contribution in [3.63, 3.8) is 0 Å². The lowest BCUT2D eigenvalue weighted by Crippen LogP contribution is -2.44. The van der Waals surface area contributed by atoms with Gasteiger partial charge >= 0.3 is 0 Å². The number of carbonyl (C=O) groups excluding carboxylic acids is 2. The largest absolute Gasteiger partial charge is 0.491 e. The molecule has 2 amide bonds. The predicted octanol–water partition coefficient (Wildman–Crippen LogP) is 3.05. The zero-order chi connectivity index (χ0) is 24.6.